The molecule has 8 heteroatoms. The average molecular weight is 688 g/mol. The number of rotatable bonds is 36. The van der Waals surface area contributed by atoms with E-state index in [0.717, 1.165) is 51.4 Å². The van der Waals surface area contributed by atoms with Crippen LogP contribution in [0.25, 0.3) is 0 Å². The van der Waals surface area contributed by atoms with Gasteiger partial charge in [-0.2, -0.15) is 8.42 Å². The Hall–Kier alpha value is -0.960. The molecule has 7 nitrogen and oxygen atoms in total. The molecule has 0 saturated heterocycles. The van der Waals surface area contributed by atoms with Gasteiger partial charge in [0.05, 0.1) is 17.9 Å². The fourth-order valence-corrected chi connectivity index (χ4v) is 6.97. The lowest BCUT2D eigenvalue weighted by molar-refractivity contribution is -0.131. The number of unbranched alkanes of at least 4 members (excludes halogenated alkanes) is 25. The molecule has 0 rings (SSSR count). The van der Waals surface area contributed by atoms with Crippen molar-refractivity contribution in [1.29, 1.82) is 0 Å². The Morgan fingerprint density at radius 2 is 0.915 bits per heavy atom. The van der Waals surface area contributed by atoms with Gasteiger partial charge in [-0.05, 0) is 32.1 Å². The van der Waals surface area contributed by atoms with E-state index in [2.05, 4.69) is 31.3 Å². The van der Waals surface area contributed by atoms with Gasteiger partial charge in [0.1, 0.15) is 6.10 Å². The average Bonchev–Trinajstić information content (AvgIpc) is 3.03. The summed E-state index contributed by atoms with van der Waals surface area (Å²) in [6.07, 6.45) is 36.7. The Kier molecular flexibility index (Phi) is 32.8. The normalized spacial score (nSPS) is 14.1. The van der Waals surface area contributed by atoms with Crippen molar-refractivity contribution in [2.75, 3.05) is 5.75 Å². The van der Waals surface area contributed by atoms with E-state index >= 15 is 0 Å². The fraction of sp³-hybridized carbons (Fsp3) is 0.923. The summed E-state index contributed by atoms with van der Waals surface area (Å²) >= 11 is 0. The zero-order valence-electron chi connectivity index (χ0n) is 30.8. The van der Waals surface area contributed by atoms with Gasteiger partial charge in [-0.3, -0.25) is 9.35 Å². The Labute approximate surface area is 291 Å². The molecule has 0 radical (unpaired) electrons. The maximum atomic E-state index is 12.5. The first-order valence-corrected chi connectivity index (χ1v) is 21.6. The van der Waals surface area contributed by atoms with Crippen molar-refractivity contribution in [3.05, 3.63) is 12.2 Å². The molecule has 4 N–H and O–H groups in total. The van der Waals surface area contributed by atoms with Gasteiger partial charge in [0.15, 0.2) is 0 Å². The van der Waals surface area contributed by atoms with Gasteiger partial charge in [-0.15, -0.1) is 0 Å². The van der Waals surface area contributed by atoms with Crippen LogP contribution >= 0.6 is 0 Å². The summed E-state index contributed by atoms with van der Waals surface area (Å²) in [7, 11) is -4.40. The molecule has 0 aliphatic carbocycles. The highest BCUT2D eigenvalue weighted by Gasteiger charge is 2.28. The third-order valence-electron chi connectivity index (χ3n) is 9.33. The summed E-state index contributed by atoms with van der Waals surface area (Å²) in [5.74, 6) is -1.46. The molecule has 0 saturated carbocycles. The van der Waals surface area contributed by atoms with Crippen LogP contribution in [-0.2, 0) is 14.9 Å². The molecular weight excluding hydrogens is 610 g/mol. The SMILES string of the molecule is CCCC/C=C\CCCCCCC(O)C(=O)NC(CS(=O)(=O)O)C(O)CCCCCCCCCCCCCCCCCCCCCC. The minimum Gasteiger partial charge on any atom is -0.391 e. The molecule has 0 bridgehead atoms. The minimum atomic E-state index is -4.40. The van der Waals surface area contributed by atoms with Gasteiger partial charge in [0.25, 0.3) is 10.1 Å². The van der Waals surface area contributed by atoms with E-state index < -0.39 is 40.0 Å². The first-order valence-electron chi connectivity index (χ1n) is 20.0. The monoisotopic (exact) mass is 688 g/mol. The second kappa shape index (κ2) is 33.5. The van der Waals surface area contributed by atoms with Crippen molar-refractivity contribution in [2.24, 2.45) is 0 Å². The molecule has 3 unspecified atom stereocenters. The highest BCUT2D eigenvalue weighted by atomic mass is 32.2. The van der Waals surface area contributed by atoms with Crippen LogP contribution in [-0.4, -0.2) is 53.1 Å². The number of aliphatic hydroxyl groups is 2. The summed E-state index contributed by atoms with van der Waals surface area (Å²) in [4.78, 5) is 12.5. The number of aliphatic hydroxyl groups excluding tert-OH is 2. The Morgan fingerprint density at radius 1 is 0.553 bits per heavy atom. The first-order chi connectivity index (χ1) is 22.7. The van der Waals surface area contributed by atoms with E-state index in [-0.39, 0.29) is 6.42 Å². The lowest BCUT2D eigenvalue weighted by atomic mass is 10.0. The standard InChI is InChI=1S/C39H77NO6S/c1-3-5-7-9-11-13-15-16-17-18-19-20-21-22-23-24-26-27-29-31-33-37(41)36(35-47(44,45)46)40-39(43)38(42)34-32-30-28-25-14-12-10-8-6-4-2/h10,12,36-38,41-42H,3-9,11,13-35H2,1-2H3,(H,40,43)(H,44,45,46)/b12-10-. The van der Waals surface area contributed by atoms with Gasteiger partial charge < -0.3 is 15.5 Å². The second-order valence-electron chi connectivity index (χ2n) is 14.1. The summed E-state index contributed by atoms with van der Waals surface area (Å²) in [6, 6.07) is -1.15. The van der Waals surface area contributed by atoms with Crippen molar-refractivity contribution in [1.82, 2.24) is 5.32 Å². The second-order valence-corrected chi connectivity index (χ2v) is 15.6. The molecule has 47 heavy (non-hydrogen) atoms. The van der Waals surface area contributed by atoms with Gasteiger partial charge in [-0.25, -0.2) is 0 Å². The molecular formula is C39H77NO6S. The molecule has 3 atom stereocenters. The van der Waals surface area contributed by atoms with Crippen molar-refractivity contribution < 1.29 is 28.0 Å². The van der Waals surface area contributed by atoms with E-state index in [1.807, 2.05) is 0 Å². The predicted octanol–water partition coefficient (Wildman–Crippen LogP) is 10.4. The van der Waals surface area contributed by atoms with Crippen LogP contribution in [0, 0.1) is 0 Å². The minimum absolute atomic E-state index is 0.284. The van der Waals surface area contributed by atoms with Gasteiger partial charge in [0.2, 0.25) is 5.91 Å². The Morgan fingerprint density at radius 3 is 1.34 bits per heavy atom. The van der Waals surface area contributed by atoms with Crippen molar-refractivity contribution in [2.45, 2.75) is 225 Å². The maximum absolute atomic E-state index is 12.5. The zero-order valence-corrected chi connectivity index (χ0v) is 31.6. The lowest BCUT2D eigenvalue weighted by Crippen LogP contribution is -2.50. The summed E-state index contributed by atoms with van der Waals surface area (Å²) < 4.78 is 32.5. The summed E-state index contributed by atoms with van der Waals surface area (Å²) in [6.45, 7) is 4.46. The highest BCUT2D eigenvalue weighted by Crippen LogP contribution is 2.16. The molecule has 0 spiro atoms. The number of nitrogens with one attached hydrogen (secondary N) is 1. The summed E-state index contributed by atoms with van der Waals surface area (Å²) in [5.41, 5.74) is 0. The molecule has 0 aliphatic heterocycles. The van der Waals surface area contributed by atoms with E-state index in [1.165, 1.54) is 116 Å². The van der Waals surface area contributed by atoms with Crippen LogP contribution in [0.1, 0.15) is 206 Å². The van der Waals surface area contributed by atoms with Crippen LogP contribution in [0.3, 0.4) is 0 Å². The van der Waals surface area contributed by atoms with Crippen LogP contribution < -0.4 is 5.32 Å². The number of allylic oxidation sites excluding steroid dienone is 2. The smallest absolute Gasteiger partial charge is 0.266 e. The highest BCUT2D eigenvalue weighted by molar-refractivity contribution is 7.85. The first kappa shape index (κ1) is 46.0. The number of carbonyl (C=O) groups excluding carboxylic acids is 1. The molecule has 0 aliphatic rings. The molecule has 0 aromatic heterocycles. The van der Waals surface area contributed by atoms with Crippen LogP contribution in [0.5, 0.6) is 0 Å². The van der Waals surface area contributed by atoms with E-state index in [4.69, 9.17) is 0 Å². The number of carbonyl (C=O) groups is 1. The fourth-order valence-electron chi connectivity index (χ4n) is 6.21. The quantitative estimate of drug-likeness (QED) is 0.0295. The largest absolute Gasteiger partial charge is 0.391 e. The molecule has 0 fully saturated rings. The molecule has 0 aromatic carbocycles. The van der Waals surface area contributed by atoms with Gasteiger partial charge in [-0.1, -0.05) is 187 Å². The molecule has 0 aromatic rings. The lowest BCUT2D eigenvalue weighted by Gasteiger charge is -2.24. The number of amides is 1. The topological polar surface area (TPSA) is 124 Å². The third kappa shape index (κ3) is 33.3. The molecule has 280 valence electrons. The van der Waals surface area contributed by atoms with Crippen LogP contribution in [0.2, 0.25) is 0 Å². The molecule has 0 heterocycles. The van der Waals surface area contributed by atoms with E-state index in [9.17, 15) is 28.0 Å². The van der Waals surface area contributed by atoms with Crippen molar-refractivity contribution in [3.8, 4) is 0 Å². The Bertz CT molecular complexity index is 818. The van der Waals surface area contributed by atoms with Crippen molar-refractivity contribution in [3.63, 3.8) is 0 Å². The van der Waals surface area contributed by atoms with E-state index in [1.54, 1.807) is 0 Å². The van der Waals surface area contributed by atoms with Crippen molar-refractivity contribution >= 4 is 16.0 Å². The van der Waals surface area contributed by atoms with Crippen LogP contribution in [0.15, 0.2) is 12.2 Å². The summed E-state index contributed by atoms with van der Waals surface area (Å²) in [5, 5.41) is 23.4. The number of hydrogen-bond donors (Lipinski definition) is 4. The Balaban J connectivity index is 3.92. The maximum Gasteiger partial charge on any atom is 0.266 e. The van der Waals surface area contributed by atoms with Gasteiger partial charge >= 0.3 is 0 Å². The number of hydrogen-bond acceptors (Lipinski definition) is 5. The van der Waals surface area contributed by atoms with E-state index in [0.29, 0.717) is 19.3 Å². The third-order valence-corrected chi connectivity index (χ3v) is 10.1. The predicted molar refractivity (Wildman–Crippen MR) is 199 cm³/mol. The zero-order chi connectivity index (χ0) is 34.9. The van der Waals surface area contributed by atoms with Crippen LogP contribution in [0.4, 0.5) is 0 Å². The van der Waals surface area contributed by atoms with Gasteiger partial charge in [0, 0.05) is 0 Å². The molecule has 1 amide bonds.